The van der Waals surface area contributed by atoms with Gasteiger partial charge in [-0.25, -0.2) is 0 Å². The van der Waals surface area contributed by atoms with Gasteiger partial charge in [0.2, 0.25) is 0 Å². The number of hydrogen-bond acceptors (Lipinski definition) is 4. The molecule has 4 nitrogen and oxygen atoms in total. The number of aromatic nitrogens is 1. The van der Waals surface area contributed by atoms with Gasteiger partial charge in [-0.2, -0.15) is 0 Å². The number of piperidine rings is 1. The fourth-order valence-corrected chi connectivity index (χ4v) is 4.19. The number of carboxylic acid groups (broad SMARTS) is 1. The van der Waals surface area contributed by atoms with Crippen molar-refractivity contribution >= 4 is 17.3 Å². The Bertz CT molecular complexity index is 641. The van der Waals surface area contributed by atoms with Crippen LogP contribution in [0.5, 0.6) is 0 Å². The number of carbonyl (C=O) groups is 1. The van der Waals surface area contributed by atoms with Crippen molar-refractivity contribution in [2.75, 3.05) is 13.1 Å². The highest BCUT2D eigenvalue weighted by molar-refractivity contribution is 7.10. The highest BCUT2D eigenvalue weighted by Crippen LogP contribution is 2.35. The zero-order chi connectivity index (χ0) is 15.5. The summed E-state index contributed by atoms with van der Waals surface area (Å²) in [6, 6.07) is 6.33. The molecule has 2 unspecified atom stereocenters. The number of carboxylic acids is 1. The van der Waals surface area contributed by atoms with Crippen LogP contribution in [0, 0.1) is 12.8 Å². The van der Waals surface area contributed by atoms with Crippen molar-refractivity contribution in [1.29, 1.82) is 0 Å². The van der Waals surface area contributed by atoms with Gasteiger partial charge in [0.1, 0.15) is 0 Å². The number of pyridine rings is 1. The summed E-state index contributed by atoms with van der Waals surface area (Å²) in [4.78, 5) is 19.2. The van der Waals surface area contributed by atoms with Gasteiger partial charge in [-0.3, -0.25) is 14.7 Å². The first kappa shape index (κ1) is 15.2. The highest BCUT2D eigenvalue weighted by Gasteiger charge is 2.31. The zero-order valence-electron chi connectivity index (χ0n) is 12.6. The smallest absolute Gasteiger partial charge is 0.307 e. The number of aryl methyl sites for hydroxylation is 1. The Morgan fingerprint density at radius 2 is 2.41 bits per heavy atom. The SMILES string of the molecule is Cc1csc(C(c2cccnc2)N2CCCC(C(=O)O)C2)c1. The molecule has 116 valence electrons. The average Bonchev–Trinajstić information content (AvgIpc) is 2.95. The fourth-order valence-electron chi connectivity index (χ4n) is 3.13. The average molecular weight is 316 g/mol. The number of thiophene rings is 1. The summed E-state index contributed by atoms with van der Waals surface area (Å²) in [5.74, 6) is -0.953. The normalized spacial score (nSPS) is 20.7. The first-order valence-corrected chi connectivity index (χ1v) is 8.45. The van der Waals surface area contributed by atoms with Gasteiger partial charge < -0.3 is 5.11 Å². The summed E-state index contributed by atoms with van der Waals surface area (Å²) in [5, 5.41) is 11.5. The van der Waals surface area contributed by atoms with E-state index in [0.717, 1.165) is 24.9 Å². The molecule has 0 saturated carbocycles. The van der Waals surface area contributed by atoms with E-state index in [2.05, 4.69) is 34.3 Å². The molecule has 0 amide bonds. The lowest BCUT2D eigenvalue weighted by atomic mass is 9.94. The lowest BCUT2D eigenvalue weighted by Gasteiger charge is -2.36. The van der Waals surface area contributed by atoms with E-state index in [9.17, 15) is 9.90 Å². The van der Waals surface area contributed by atoms with Gasteiger partial charge >= 0.3 is 5.97 Å². The second-order valence-corrected chi connectivity index (χ2v) is 6.83. The Morgan fingerprint density at radius 1 is 1.55 bits per heavy atom. The van der Waals surface area contributed by atoms with Gasteiger partial charge in [0.05, 0.1) is 12.0 Å². The van der Waals surface area contributed by atoms with Gasteiger partial charge in [-0.05, 0) is 54.9 Å². The molecule has 1 aliphatic rings. The van der Waals surface area contributed by atoms with E-state index in [0.29, 0.717) is 6.54 Å². The van der Waals surface area contributed by atoms with E-state index < -0.39 is 5.97 Å². The number of aliphatic carboxylic acids is 1. The van der Waals surface area contributed by atoms with Crippen LogP contribution in [0.25, 0.3) is 0 Å². The van der Waals surface area contributed by atoms with Crippen molar-refractivity contribution in [3.8, 4) is 0 Å². The quantitative estimate of drug-likeness (QED) is 0.940. The molecule has 0 aromatic carbocycles. The second-order valence-electron chi connectivity index (χ2n) is 5.89. The Morgan fingerprint density at radius 3 is 3.05 bits per heavy atom. The number of hydrogen-bond donors (Lipinski definition) is 1. The molecule has 1 saturated heterocycles. The third-order valence-electron chi connectivity index (χ3n) is 4.19. The summed E-state index contributed by atoms with van der Waals surface area (Å²) in [5.41, 5.74) is 2.39. The minimum absolute atomic E-state index is 0.106. The molecule has 2 aromatic rings. The maximum absolute atomic E-state index is 11.4. The molecule has 22 heavy (non-hydrogen) atoms. The molecule has 1 fully saturated rings. The molecule has 5 heteroatoms. The lowest BCUT2D eigenvalue weighted by Crippen LogP contribution is -2.41. The van der Waals surface area contributed by atoms with E-state index in [1.165, 1.54) is 10.4 Å². The van der Waals surface area contributed by atoms with Crippen molar-refractivity contribution in [3.63, 3.8) is 0 Å². The van der Waals surface area contributed by atoms with Crippen molar-refractivity contribution < 1.29 is 9.90 Å². The molecule has 0 bridgehead atoms. The van der Waals surface area contributed by atoms with Crippen LogP contribution in [0.1, 0.15) is 34.9 Å². The monoisotopic (exact) mass is 316 g/mol. The van der Waals surface area contributed by atoms with Gasteiger partial charge in [-0.15, -0.1) is 11.3 Å². The van der Waals surface area contributed by atoms with Gasteiger partial charge in [0, 0.05) is 23.8 Å². The topological polar surface area (TPSA) is 53.4 Å². The Balaban J connectivity index is 1.93. The molecular formula is C17H20N2O2S. The molecule has 3 rings (SSSR count). The van der Waals surface area contributed by atoms with E-state index in [1.54, 1.807) is 17.5 Å². The zero-order valence-corrected chi connectivity index (χ0v) is 13.4. The Labute approximate surface area is 134 Å². The van der Waals surface area contributed by atoms with Crippen LogP contribution in [0.15, 0.2) is 36.0 Å². The minimum atomic E-state index is -0.683. The van der Waals surface area contributed by atoms with Gasteiger partial charge in [0.15, 0.2) is 0 Å². The fraction of sp³-hybridized carbons (Fsp3) is 0.412. The van der Waals surface area contributed by atoms with Gasteiger partial charge in [0.25, 0.3) is 0 Å². The number of likely N-dealkylation sites (tertiary alicyclic amines) is 1. The molecular weight excluding hydrogens is 296 g/mol. The first-order valence-electron chi connectivity index (χ1n) is 7.57. The largest absolute Gasteiger partial charge is 0.481 e. The van der Waals surface area contributed by atoms with Crippen LogP contribution >= 0.6 is 11.3 Å². The molecule has 2 aromatic heterocycles. The van der Waals surface area contributed by atoms with Crippen molar-refractivity contribution in [2.45, 2.75) is 25.8 Å². The number of nitrogens with zero attached hydrogens (tertiary/aromatic N) is 2. The lowest BCUT2D eigenvalue weighted by molar-refractivity contribution is -0.143. The third kappa shape index (κ3) is 3.20. The minimum Gasteiger partial charge on any atom is -0.481 e. The second kappa shape index (κ2) is 6.58. The molecule has 3 heterocycles. The van der Waals surface area contributed by atoms with Crippen LogP contribution in [-0.2, 0) is 4.79 Å². The van der Waals surface area contributed by atoms with Crippen molar-refractivity contribution in [1.82, 2.24) is 9.88 Å². The summed E-state index contributed by atoms with van der Waals surface area (Å²) >= 11 is 1.74. The van der Waals surface area contributed by atoms with Crippen LogP contribution in [0.3, 0.4) is 0 Å². The van der Waals surface area contributed by atoms with E-state index in [4.69, 9.17) is 0 Å². The Hall–Kier alpha value is -1.72. The standard InChI is InChI=1S/C17H20N2O2S/c1-12-8-15(22-11-12)16(13-4-2-6-18-9-13)19-7-3-5-14(10-19)17(20)21/h2,4,6,8-9,11,14,16H,3,5,7,10H2,1H3,(H,20,21). The number of rotatable bonds is 4. The predicted molar refractivity (Wildman–Crippen MR) is 87.1 cm³/mol. The van der Waals surface area contributed by atoms with Crippen molar-refractivity contribution in [2.24, 2.45) is 5.92 Å². The summed E-state index contributed by atoms with van der Waals surface area (Å²) in [7, 11) is 0. The Kier molecular flexibility index (Phi) is 4.55. The van der Waals surface area contributed by atoms with E-state index in [1.807, 2.05) is 12.3 Å². The maximum Gasteiger partial charge on any atom is 0.307 e. The molecule has 0 aliphatic carbocycles. The summed E-state index contributed by atoms with van der Waals surface area (Å²) in [6.07, 6.45) is 5.37. The van der Waals surface area contributed by atoms with Crippen molar-refractivity contribution in [3.05, 3.63) is 52.0 Å². The summed E-state index contributed by atoms with van der Waals surface area (Å²) < 4.78 is 0. The first-order chi connectivity index (χ1) is 10.6. The maximum atomic E-state index is 11.4. The van der Waals surface area contributed by atoms with E-state index in [-0.39, 0.29) is 12.0 Å². The van der Waals surface area contributed by atoms with E-state index >= 15 is 0 Å². The summed E-state index contributed by atoms with van der Waals surface area (Å²) in [6.45, 7) is 3.63. The molecule has 0 spiro atoms. The van der Waals surface area contributed by atoms with Crippen LogP contribution < -0.4 is 0 Å². The van der Waals surface area contributed by atoms with Crippen LogP contribution in [0.4, 0.5) is 0 Å². The molecule has 1 aliphatic heterocycles. The van der Waals surface area contributed by atoms with Crippen LogP contribution in [-0.4, -0.2) is 34.0 Å². The third-order valence-corrected chi connectivity index (χ3v) is 5.29. The van der Waals surface area contributed by atoms with Crippen LogP contribution in [0.2, 0.25) is 0 Å². The molecule has 0 radical (unpaired) electrons. The molecule has 1 N–H and O–H groups in total. The predicted octanol–water partition coefficient (Wildman–Crippen LogP) is 3.34. The molecule has 2 atom stereocenters. The highest BCUT2D eigenvalue weighted by atomic mass is 32.1. The van der Waals surface area contributed by atoms with Gasteiger partial charge in [-0.1, -0.05) is 6.07 Å².